The molecule has 2 unspecified atom stereocenters. The Balaban J connectivity index is 3.79. The van der Waals surface area contributed by atoms with Gasteiger partial charge in [-0.3, -0.25) is 4.79 Å². The average molecular weight is 336 g/mol. The van der Waals surface area contributed by atoms with Gasteiger partial charge in [0.1, 0.15) is 0 Å². The first-order chi connectivity index (χ1) is 11.6. The molecule has 4 nitrogen and oxygen atoms in total. The SMILES string of the molecule is CCCCCC(O)C=CC=CCC(O)C=CC=CCCCC(=O)O. The molecule has 0 aliphatic carbocycles. The fraction of sp³-hybridized carbons (Fsp3) is 0.550. The quantitative estimate of drug-likeness (QED) is 0.329. The number of hydrogen-bond acceptors (Lipinski definition) is 3. The highest BCUT2D eigenvalue weighted by Gasteiger charge is 1.97. The molecule has 0 heterocycles. The van der Waals surface area contributed by atoms with Crippen LogP contribution in [0, 0.1) is 0 Å². The van der Waals surface area contributed by atoms with E-state index in [1.165, 1.54) is 0 Å². The molecule has 0 saturated heterocycles. The summed E-state index contributed by atoms with van der Waals surface area (Å²) in [5.74, 6) is -0.774. The van der Waals surface area contributed by atoms with Gasteiger partial charge in [-0.1, -0.05) is 74.8 Å². The van der Waals surface area contributed by atoms with Gasteiger partial charge in [-0.25, -0.2) is 0 Å². The van der Waals surface area contributed by atoms with E-state index in [4.69, 9.17) is 5.11 Å². The van der Waals surface area contributed by atoms with Crippen LogP contribution in [0.25, 0.3) is 0 Å². The van der Waals surface area contributed by atoms with Gasteiger partial charge < -0.3 is 15.3 Å². The number of aliphatic carboxylic acids is 1. The fourth-order valence-electron chi connectivity index (χ4n) is 2.01. The number of rotatable bonds is 14. The lowest BCUT2D eigenvalue weighted by molar-refractivity contribution is -0.137. The molecule has 2 atom stereocenters. The topological polar surface area (TPSA) is 77.8 Å². The molecule has 136 valence electrons. The van der Waals surface area contributed by atoms with Crippen LogP contribution in [0.3, 0.4) is 0 Å². The Morgan fingerprint density at radius 3 is 2.25 bits per heavy atom. The van der Waals surface area contributed by atoms with Crippen molar-refractivity contribution in [1.82, 2.24) is 0 Å². The van der Waals surface area contributed by atoms with E-state index in [0.717, 1.165) is 32.1 Å². The molecular formula is C20H32O4. The number of carbonyl (C=O) groups is 1. The number of allylic oxidation sites excluding steroid dienone is 5. The molecule has 0 saturated carbocycles. The molecule has 4 heteroatoms. The molecule has 0 spiro atoms. The van der Waals surface area contributed by atoms with Crippen molar-refractivity contribution in [2.45, 2.75) is 70.5 Å². The van der Waals surface area contributed by atoms with Gasteiger partial charge in [0, 0.05) is 6.42 Å². The summed E-state index contributed by atoms with van der Waals surface area (Å²) in [4.78, 5) is 10.3. The molecule has 0 amide bonds. The van der Waals surface area contributed by atoms with Crippen molar-refractivity contribution in [1.29, 1.82) is 0 Å². The molecule has 24 heavy (non-hydrogen) atoms. The standard InChI is InChI=1S/C20H32O4/c1-2-3-8-13-18(21)15-10-7-11-16-19(22)14-9-5-4-6-12-17-20(23)24/h4-5,7,9-11,14-15,18-19,21-22H,2-3,6,8,12-13,16-17H2,1H3,(H,23,24). The highest BCUT2D eigenvalue weighted by Crippen LogP contribution is 2.04. The van der Waals surface area contributed by atoms with Crippen LogP contribution in [-0.4, -0.2) is 33.5 Å². The minimum absolute atomic E-state index is 0.183. The van der Waals surface area contributed by atoms with Gasteiger partial charge in [0.2, 0.25) is 0 Å². The van der Waals surface area contributed by atoms with E-state index in [-0.39, 0.29) is 6.42 Å². The van der Waals surface area contributed by atoms with Gasteiger partial charge in [-0.2, -0.15) is 0 Å². The summed E-state index contributed by atoms with van der Waals surface area (Å²) in [5, 5.41) is 27.9. The Morgan fingerprint density at radius 2 is 1.58 bits per heavy atom. The van der Waals surface area contributed by atoms with Crippen LogP contribution in [0.15, 0.2) is 48.6 Å². The van der Waals surface area contributed by atoms with E-state index in [2.05, 4.69) is 6.92 Å². The largest absolute Gasteiger partial charge is 0.481 e. The molecule has 0 aliphatic heterocycles. The van der Waals surface area contributed by atoms with E-state index in [0.29, 0.717) is 12.8 Å². The number of carboxylic acids is 1. The number of carboxylic acid groups (broad SMARTS) is 1. The van der Waals surface area contributed by atoms with Gasteiger partial charge in [0.25, 0.3) is 0 Å². The zero-order chi connectivity index (χ0) is 18.0. The van der Waals surface area contributed by atoms with Crippen LogP contribution in [0.4, 0.5) is 0 Å². The molecule has 0 radical (unpaired) electrons. The monoisotopic (exact) mass is 336 g/mol. The molecule has 3 N–H and O–H groups in total. The zero-order valence-electron chi connectivity index (χ0n) is 14.7. The molecule has 0 aliphatic rings. The van der Waals surface area contributed by atoms with Crippen molar-refractivity contribution in [3.05, 3.63) is 48.6 Å². The van der Waals surface area contributed by atoms with Gasteiger partial charge in [-0.15, -0.1) is 0 Å². The van der Waals surface area contributed by atoms with Crippen molar-refractivity contribution in [2.75, 3.05) is 0 Å². The summed E-state index contributed by atoms with van der Waals surface area (Å²) in [7, 11) is 0. The van der Waals surface area contributed by atoms with E-state index in [1.54, 1.807) is 18.2 Å². The van der Waals surface area contributed by atoms with Gasteiger partial charge in [0.15, 0.2) is 0 Å². The molecule has 0 aromatic carbocycles. The maximum Gasteiger partial charge on any atom is 0.303 e. The Kier molecular flexibility index (Phi) is 15.1. The second-order valence-corrected chi connectivity index (χ2v) is 5.78. The number of aliphatic hydroxyl groups is 2. The lowest BCUT2D eigenvalue weighted by atomic mass is 10.1. The van der Waals surface area contributed by atoms with Crippen molar-refractivity contribution < 1.29 is 20.1 Å². The van der Waals surface area contributed by atoms with Gasteiger partial charge in [-0.05, 0) is 25.7 Å². The van der Waals surface area contributed by atoms with E-state index in [9.17, 15) is 15.0 Å². The summed E-state index contributed by atoms with van der Waals surface area (Å²) < 4.78 is 0. The molecule has 0 fully saturated rings. The maximum atomic E-state index is 10.3. The summed E-state index contributed by atoms with van der Waals surface area (Å²) >= 11 is 0. The summed E-state index contributed by atoms with van der Waals surface area (Å²) in [6, 6.07) is 0. The minimum Gasteiger partial charge on any atom is -0.481 e. The number of aliphatic hydroxyl groups excluding tert-OH is 2. The summed E-state index contributed by atoms with van der Waals surface area (Å²) in [6.07, 6.45) is 19.7. The summed E-state index contributed by atoms with van der Waals surface area (Å²) in [5.41, 5.74) is 0. The van der Waals surface area contributed by atoms with Crippen molar-refractivity contribution in [2.24, 2.45) is 0 Å². The predicted molar refractivity (Wildman–Crippen MR) is 98.8 cm³/mol. The third-order valence-corrected chi connectivity index (χ3v) is 3.40. The third kappa shape index (κ3) is 16.7. The van der Waals surface area contributed by atoms with Gasteiger partial charge >= 0.3 is 5.97 Å². The molecule has 0 aromatic rings. The Hall–Kier alpha value is -1.65. The maximum absolute atomic E-state index is 10.3. The van der Waals surface area contributed by atoms with Crippen LogP contribution in [-0.2, 0) is 4.79 Å². The highest BCUT2D eigenvalue weighted by molar-refractivity contribution is 5.66. The predicted octanol–water partition coefficient (Wildman–Crippen LogP) is 4.16. The lowest BCUT2D eigenvalue weighted by Crippen LogP contribution is -2.01. The minimum atomic E-state index is -0.774. The molecular weight excluding hydrogens is 304 g/mol. The van der Waals surface area contributed by atoms with Crippen LogP contribution in [0.5, 0.6) is 0 Å². The van der Waals surface area contributed by atoms with Crippen molar-refractivity contribution in [3.63, 3.8) is 0 Å². The highest BCUT2D eigenvalue weighted by atomic mass is 16.4. The second-order valence-electron chi connectivity index (χ2n) is 5.78. The van der Waals surface area contributed by atoms with Crippen LogP contribution >= 0.6 is 0 Å². The van der Waals surface area contributed by atoms with Crippen molar-refractivity contribution >= 4 is 5.97 Å². The molecule has 0 rings (SSSR count). The average Bonchev–Trinajstić information content (AvgIpc) is 2.53. The van der Waals surface area contributed by atoms with E-state index < -0.39 is 18.2 Å². The van der Waals surface area contributed by atoms with E-state index >= 15 is 0 Å². The fourth-order valence-corrected chi connectivity index (χ4v) is 2.01. The number of unbranched alkanes of at least 4 members (excludes halogenated alkanes) is 3. The van der Waals surface area contributed by atoms with Crippen LogP contribution < -0.4 is 0 Å². The normalized spacial score (nSPS) is 15.1. The van der Waals surface area contributed by atoms with Crippen LogP contribution in [0.1, 0.15) is 58.3 Å². The first-order valence-corrected chi connectivity index (χ1v) is 8.80. The Morgan fingerprint density at radius 1 is 0.917 bits per heavy atom. The molecule has 0 bridgehead atoms. The third-order valence-electron chi connectivity index (χ3n) is 3.40. The lowest BCUT2D eigenvalue weighted by Gasteiger charge is -2.03. The smallest absolute Gasteiger partial charge is 0.303 e. The second kappa shape index (κ2) is 16.2. The Labute approximate surface area is 145 Å². The summed E-state index contributed by atoms with van der Waals surface area (Å²) in [6.45, 7) is 2.14. The van der Waals surface area contributed by atoms with Gasteiger partial charge in [0.05, 0.1) is 12.2 Å². The van der Waals surface area contributed by atoms with Crippen LogP contribution in [0.2, 0.25) is 0 Å². The van der Waals surface area contributed by atoms with E-state index in [1.807, 2.05) is 30.4 Å². The number of hydrogen-bond donors (Lipinski definition) is 3. The van der Waals surface area contributed by atoms with Crippen molar-refractivity contribution in [3.8, 4) is 0 Å². The first kappa shape index (κ1) is 22.4. The Bertz CT molecular complexity index is 421. The zero-order valence-corrected chi connectivity index (χ0v) is 14.7. The molecule has 0 aromatic heterocycles. The first-order valence-electron chi connectivity index (χ1n) is 8.80.